The predicted molar refractivity (Wildman–Crippen MR) is 112 cm³/mol. The van der Waals surface area contributed by atoms with E-state index in [-0.39, 0.29) is 17.8 Å². The van der Waals surface area contributed by atoms with Crippen molar-refractivity contribution in [3.63, 3.8) is 0 Å². The Morgan fingerprint density at radius 1 is 1.17 bits per heavy atom. The van der Waals surface area contributed by atoms with Gasteiger partial charge in [-0.05, 0) is 55.9 Å². The van der Waals surface area contributed by atoms with Crippen LogP contribution in [0.5, 0.6) is 0 Å². The molecule has 0 saturated carbocycles. The first-order valence-corrected chi connectivity index (χ1v) is 10.1. The number of carbonyl (C=O) groups excluding carboxylic acids is 2. The van der Waals surface area contributed by atoms with E-state index in [0.717, 1.165) is 24.8 Å². The monoisotopic (exact) mass is 397 g/mol. The van der Waals surface area contributed by atoms with Gasteiger partial charge < -0.3 is 15.5 Å². The number of amides is 3. The zero-order chi connectivity index (χ0) is 20.6. The third-order valence-corrected chi connectivity index (χ3v) is 5.23. The second-order valence-electron chi connectivity index (χ2n) is 7.70. The van der Waals surface area contributed by atoms with E-state index in [9.17, 15) is 14.0 Å². The molecular weight excluding hydrogens is 369 g/mol. The Hall–Kier alpha value is -2.89. The molecule has 0 spiro atoms. The van der Waals surface area contributed by atoms with Crippen LogP contribution in [0.15, 0.2) is 48.5 Å². The van der Waals surface area contributed by atoms with Crippen LogP contribution in [0.2, 0.25) is 0 Å². The lowest BCUT2D eigenvalue weighted by molar-refractivity contribution is -0.121. The zero-order valence-corrected chi connectivity index (χ0v) is 16.8. The molecule has 1 aliphatic heterocycles. The average Bonchev–Trinajstić information content (AvgIpc) is 2.71. The lowest BCUT2D eigenvalue weighted by Gasteiger charge is -2.32. The van der Waals surface area contributed by atoms with E-state index in [1.165, 1.54) is 17.7 Å². The number of anilines is 1. The van der Waals surface area contributed by atoms with E-state index in [2.05, 4.69) is 16.7 Å². The minimum absolute atomic E-state index is 0.0350. The van der Waals surface area contributed by atoms with Crippen LogP contribution >= 0.6 is 0 Å². The molecule has 3 amide bonds. The Morgan fingerprint density at radius 3 is 2.79 bits per heavy atom. The third kappa shape index (κ3) is 6.59. The SMILES string of the molecule is Cc1cccc(CNC(=O)CC[C@@H]2CCCN(C(=O)Nc3cccc(F)c3)C2)c1. The largest absolute Gasteiger partial charge is 0.352 e. The lowest BCUT2D eigenvalue weighted by atomic mass is 9.93. The Labute approximate surface area is 171 Å². The molecule has 3 rings (SSSR count). The summed E-state index contributed by atoms with van der Waals surface area (Å²) in [4.78, 5) is 26.4. The fourth-order valence-electron chi connectivity index (χ4n) is 3.70. The number of nitrogens with zero attached hydrogens (tertiary/aromatic N) is 1. The lowest BCUT2D eigenvalue weighted by Crippen LogP contribution is -2.42. The predicted octanol–water partition coefficient (Wildman–Crippen LogP) is 4.47. The standard InChI is InChI=1S/C23H28FN3O2/c1-17-5-2-6-19(13-17)15-25-22(28)11-10-18-7-4-12-27(16-18)23(29)26-21-9-3-8-20(24)14-21/h2-3,5-6,8-9,13-14,18H,4,7,10-12,15-16H2,1H3,(H,25,28)(H,26,29)/t18-/m0/s1. The van der Waals surface area contributed by atoms with Crippen LogP contribution in [0.3, 0.4) is 0 Å². The number of urea groups is 1. The van der Waals surface area contributed by atoms with Gasteiger partial charge in [0.25, 0.3) is 0 Å². The summed E-state index contributed by atoms with van der Waals surface area (Å²) in [6.45, 7) is 3.86. The molecule has 2 aromatic carbocycles. The molecule has 154 valence electrons. The average molecular weight is 397 g/mol. The van der Waals surface area contributed by atoms with E-state index in [1.54, 1.807) is 17.0 Å². The summed E-state index contributed by atoms with van der Waals surface area (Å²) in [5.41, 5.74) is 2.72. The Kier molecular flexibility index (Phi) is 7.22. The van der Waals surface area contributed by atoms with E-state index < -0.39 is 0 Å². The quantitative estimate of drug-likeness (QED) is 0.755. The highest BCUT2D eigenvalue weighted by molar-refractivity contribution is 5.89. The zero-order valence-electron chi connectivity index (χ0n) is 16.8. The van der Waals surface area contributed by atoms with Crippen LogP contribution in [-0.2, 0) is 11.3 Å². The van der Waals surface area contributed by atoms with E-state index in [4.69, 9.17) is 0 Å². The highest BCUT2D eigenvalue weighted by Crippen LogP contribution is 2.22. The van der Waals surface area contributed by atoms with Crippen LogP contribution in [0.25, 0.3) is 0 Å². The van der Waals surface area contributed by atoms with E-state index in [0.29, 0.717) is 37.7 Å². The molecule has 0 bridgehead atoms. The smallest absolute Gasteiger partial charge is 0.321 e. The molecule has 29 heavy (non-hydrogen) atoms. The minimum atomic E-state index is -0.379. The summed E-state index contributed by atoms with van der Waals surface area (Å²) in [7, 11) is 0. The second kappa shape index (κ2) is 10.0. The van der Waals surface area contributed by atoms with Crippen molar-refractivity contribution in [1.82, 2.24) is 10.2 Å². The van der Waals surface area contributed by atoms with Crippen molar-refractivity contribution in [3.8, 4) is 0 Å². The molecule has 1 atom stereocenters. The van der Waals surface area contributed by atoms with Gasteiger partial charge in [0.1, 0.15) is 5.82 Å². The Balaban J connectivity index is 1.42. The first-order chi connectivity index (χ1) is 14.0. The van der Waals surface area contributed by atoms with Crippen molar-refractivity contribution in [3.05, 3.63) is 65.5 Å². The summed E-state index contributed by atoms with van der Waals surface area (Å²) in [6.07, 6.45) is 3.13. The number of benzene rings is 2. The highest BCUT2D eigenvalue weighted by Gasteiger charge is 2.24. The number of aryl methyl sites for hydroxylation is 1. The Bertz CT molecular complexity index is 856. The summed E-state index contributed by atoms with van der Waals surface area (Å²) in [5.74, 6) is -0.0458. The minimum Gasteiger partial charge on any atom is -0.352 e. The van der Waals surface area contributed by atoms with Gasteiger partial charge in [-0.1, -0.05) is 35.9 Å². The number of halogens is 1. The molecule has 1 saturated heterocycles. The van der Waals surface area contributed by atoms with Crippen LogP contribution in [0.4, 0.5) is 14.9 Å². The van der Waals surface area contributed by atoms with Crippen molar-refractivity contribution < 1.29 is 14.0 Å². The first-order valence-electron chi connectivity index (χ1n) is 10.1. The van der Waals surface area contributed by atoms with Gasteiger partial charge in [0, 0.05) is 31.7 Å². The Morgan fingerprint density at radius 2 is 2.00 bits per heavy atom. The maximum Gasteiger partial charge on any atom is 0.321 e. The van der Waals surface area contributed by atoms with Gasteiger partial charge in [-0.3, -0.25) is 4.79 Å². The van der Waals surface area contributed by atoms with Crippen LogP contribution in [0.1, 0.15) is 36.8 Å². The van der Waals surface area contributed by atoms with Gasteiger partial charge in [-0.2, -0.15) is 0 Å². The maximum absolute atomic E-state index is 13.3. The molecule has 0 aromatic heterocycles. The van der Waals surface area contributed by atoms with Crippen molar-refractivity contribution in [2.75, 3.05) is 18.4 Å². The molecule has 0 unspecified atom stereocenters. The number of hydrogen-bond donors (Lipinski definition) is 2. The van der Waals surface area contributed by atoms with Gasteiger partial charge in [0.2, 0.25) is 5.91 Å². The summed E-state index contributed by atoms with van der Waals surface area (Å²) in [6, 6.07) is 13.8. The van der Waals surface area contributed by atoms with Gasteiger partial charge >= 0.3 is 6.03 Å². The highest BCUT2D eigenvalue weighted by atomic mass is 19.1. The molecular formula is C23H28FN3O2. The van der Waals surface area contributed by atoms with Gasteiger partial charge in [-0.15, -0.1) is 0 Å². The number of hydrogen-bond acceptors (Lipinski definition) is 2. The summed E-state index contributed by atoms with van der Waals surface area (Å²) >= 11 is 0. The van der Waals surface area contributed by atoms with E-state index >= 15 is 0 Å². The first kappa shape index (κ1) is 20.8. The van der Waals surface area contributed by atoms with Gasteiger partial charge in [0.15, 0.2) is 0 Å². The third-order valence-electron chi connectivity index (χ3n) is 5.23. The van der Waals surface area contributed by atoms with E-state index in [1.807, 2.05) is 25.1 Å². The maximum atomic E-state index is 13.3. The van der Waals surface area contributed by atoms with Gasteiger partial charge in [-0.25, -0.2) is 9.18 Å². The topological polar surface area (TPSA) is 61.4 Å². The number of carbonyl (C=O) groups is 2. The number of rotatable bonds is 6. The van der Waals surface area contributed by atoms with Crippen molar-refractivity contribution >= 4 is 17.6 Å². The van der Waals surface area contributed by atoms with Crippen LogP contribution in [0, 0.1) is 18.7 Å². The summed E-state index contributed by atoms with van der Waals surface area (Å²) < 4.78 is 13.3. The van der Waals surface area contributed by atoms with Crippen molar-refractivity contribution in [1.29, 1.82) is 0 Å². The fourth-order valence-corrected chi connectivity index (χ4v) is 3.70. The molecule has 6 heteroatoms. The molecule has 2 N–H and O–H groups in total. The number of piperidine rings is 1. The molecule has 1 heterocycles. The van der Waals surface area contributed by atoms with Crippen LogP contribution in [-0.4, -0.2) is 29.9 Å². The van der Waals surface area contributed by atoms with Crippen molar-refractivity contribution in [2.24, 2.45) is 5.92 Å². The molecule has 0 radical (unpaired) electrons. The molecule has 2 aromatic rings. The van der Waals surface area contributed by atoms with Crippen molar-refractivity contribution in [2.45, 2.75) is 39.2 Å². The second-order valence-corrected chi connectivity index (χ2v) is 7.70. The normalized spacial score (nSPS) is 16.3. The van der Waals surface area contributed by atoms with Gasteiger partial charge in [0.05, 0.1) is 0 Å². The fraction of sp³-hybridized carbons (Fsp3) is 0.391. The number of nitrogens with one attached hydrogen (secondary N) is 2. The molecule has 1 aliphatic rings. The number of likely N-dealkylation sites (tertiary alicyclic amines) is 1. The van der Waals surface area contributed by atoms with Crippen LogP contribution < -0.4 is 10.6 Å². The molecule has 1 fully saturated rings. The molecule has 5 nitrogen and oxygen atoms in total. The molecule has 0 aliphatic carbocycles. The summed E-state index contributed by atoms with van der Waals surface area (Å²) in [5, 5.41) is 5.72.